The Morgan fingerprint density at radius 2 is 1.74 bits per heavy atom. The number of rotatable bonds is 4. The third-order valence-electron chi connectivity index (χ3n) is 3.07. The molecular formula is C18H14N4O. The fraction of sp³-hybridized carbons (Fsp3) is 0.0556. The third kappa shape index (κ3) is 3.63. The Bertz CT molecular complexity index is 856. The topological polar surface area (TPSA) is 70.8 Å². The van der Waals surface area contributed by atoms with Crippen molar-refractivity contribution >= 4 is 11.6 Å². The summed E-state index contributed by atoms with van der Waals surface area (Å²) >= 11 is 0. The van der Waals surface area contributed by atoms with E-state index in [1.807, 2.05) is 67.6 Å². The highest BCUT2D eigenvalue weighted by molar-refractivity contribution is 5.63. The van der Waals surface area contributed by atoms with E-state index >= 15 is 0 Å². The van der Waals surface area contributed by atoms with Crippen molar-refractivity contribution < 1.29 is 4.74 Å². The van der Waals surface area contributed by atoms with Gasteiger partial charge in [0.15, 0.2) is 5.75 Å². The van der Waals surface area contributed by atoms with Crippen molar-refractivity contribution in [3.63, 3.8) is 0 Å². The molecule has 0 bridgehead atoms. The first-order valence-corrected chi connectivity index (χ1v) is 7.09. The fourth-order valence-electron chi connectivity index (χ4n) is 2.08. The summed E-state index contributed by atoms with van der Waals surface area (Å²) in [7, 11) is 0. The number of para-hydroxylation sites is 3. The zero-order chi connectivity index (χ0) is 16.1. The molecule has 5 heteroatoms. The molecule has 0 aliphatic rings. The van der Waals surface area contributed by atoms with E-state index < -0.39 is 0 Å². The van der Waals surface area contributed by atoms with Crippen LogP contribution in [0.4, 0.5) is 11.6 Å². The summed E-state index contributed by atoms with van der Waals surface area (Å²) in [5.41, 5.74) is 1.77. The second-order valence-electron chi connectivity index (χ2n) is 4.87. The Labute approximate surface area is 134 Å². The van der Waals surface area contributed by atoms with Crippen LogP contribution in [0.25, 0.3) is 0 Å². The van der Waals surface area contributed by atoms with E-state index in [9.17, 15) is 0 Å². The van der Waals surface area contributed by atoms with Crippen molar-refractivity contribution in [2.24, 2.45) is 0 Å². The van der Waals surface area contributed by atoms with Crippen LogP contribution in [0, 0.1) is 18.3 Å². The molecule has 1 aromatic heterocycles. The summed E-state index contributed by atoms with van der Waals surface area (Å²) in [5, 5.41) is 12.1. The van der Waals surface area contributed by atoms with Gasteiger partial charge in [-0.05, 0) is 37.3 Å². The highest BCUT2D eigenvalue weighted by Gasteiger charge is 2.07. The van der Waals surface area contributed by atoms with Crippen LogP contribution in [-0.4, -0.2) is 9.97 Å². The number of ether oxygens (including phenoxy) is 1. The quantitative estimate of drug-likeness (QED) is 0.782. The molecule has 0 unspecified atom stereocenters. The smallest absolute Gasteiger partial charge is 0.228 e. The van der Waals surface area contributed by atoms with Crippen LogP contribution >= 0.6 is 0 Å². The lowest BCUT2D eigenvalue weighted by atomic mass is 10.3. The van der Waals surface area contributed by atoms with Crippen molar-refractivity contribution in [1.29, 1.82) is 5.26 Å². The number of aromatic nitrogens is 2. The van der Waals surface area contributed by atoms with E-state index in [0.717, 1.165) is 17.1 Å². The van der Waals surface area contributed by atoms with Crippen molar-refractivity contribution in [3.05, 3.63) is 72.1 Å². The average molecular weight is 302 g/mol. The van der Waals surface area contributed by atoms with Crippen molar-refractivity contribution in [3.8, 4) is 17.6 Å². The summed E-state index contributed by atoms with van der Waals surface area (Å²) in [6.45, 7) is 1.82. The summed E-state index contributed by atoms with van der Waals surface area (Å²) in [6, 6.07) is 20.7. The summed E-state index contributed by atoms with van der Waals surface area (Å²) < 4.78 is 5.89. The van der Waals surface area contributed by atoms with E-state index in [2.05, 4.69) is 15.3 Å². The van der Waals surface area contributed by atoms with E-state index in [1.54, 1.807) is 6.07 Å². The predicted octanol–water partition coefficient (Wildman–Crippen LogP) is 4.19. The number of nitrogens with one attached hydrogen (secondary N) is 1. The predicted molar refractivity (Wildman–Crippen MR) is 87.7 cm³/mol. The molecule has 5 nitrogen and oxygen atoms in total. The summed E-state index contributed by atoms with van der Waals surface area (Å²) in [6.07, 6.45) is 0. The van der Waals surface area contributed by atoms with Gasteiger partial charge in [-0.1, -0.05) is 30.3 Å². The molecule has 1 heterocycles. The van der Waals surface area contributed by atoms with Crippen LogP contribution in [0.3, 0.4) is 0 Å². The Morgan fingerprint density at radius 3 is 2.52 bits per heavy atom. The number of nitriles is 1. The number of hydrogen-bond donors (Lipinski definition) is 1. The maximum absolute atomic E-state index is 9.01. The van der Waals surface area contributed by atoms with E-state index in [4.69, 9.17) is 10.00 Å². The van der Waals surface area contributed by atoms with Gasteiger partial charge in [0.25, 0.3) is 0 Å². The molecule has 0 aliphatic heterocycles. The largest absolute Gasteiger partial charge is 0.455 e. The maximum Gasteiger partial charge on any atom is 0.228 e. The second-order valence-corrected chi connectivity index (χ2v) is 4.87. The summed E-state index contributed by atoms with van der Waals surface area (Å²) in [4.78, 5) is 8.45. The molecular weight excluding hydrogens is 288 g/mol. The highest BCUT2D eigenvalue weighted by Crippen LogP contribution is 2.30. The van der Waals surface area contributed by atoms with Gasteiger partial charge in [-0.25, -0.2) is 9.97 Å². The molecule has 112 valence electrons. The van der Waals surface area contributed by atoms with E-state index in [-0.39, 0.29) is 0 Å². The lowest BCUT2D eigenvalue weighted by Gasteiger charge is -2.12. The number of aryl methyl sites for hydroxylation is 1. The minimum Gasteiger partial charge on any atom is -0.455 e. The lowest BCUT2D eigenvalue weighted by Crippen LogP contribution is -2.01. The highest BCUT2D eigenvalue weighted by atomic mass is 16.5. The SMILES string of the molecule is Cc1cc(C#N)nc(Nc2ccccc2Oc2ccccc2)n1. The Balaban J connectivity index is 1.89. The number of benzene rings is 2. The van der Waals surface area contributed by atoms with Gasteiger partial charge in [-0.3, -0.25) is 0 Å². The number of nitrogens with zero attached hydrogens (tertiary/aromatic N) is 3. The second kappa shape index (κ2) is 6.58. The van der Waals surface area contributed by atoms with Crippen LogP contribution in [-0.2, 0) is 0 Å². The molecule has 0 spiro atoms. The van der Waals surface area contributed by atoms with Crippen molar-refractivity contribution in [1.82, 2.24) is 9.97 Å². The molecule has 0 radical (unpaired) electrons. The molecule has 0 saturated carbocycles. The molecule has 0 aliphatic carbocycles. The first kappa shape index (κ1) is 14.5. The monoisotopic (exact) mass is 302 g/mol. The first-order chi connectivity index (χ1) is 11.2. The Morgan fingerprint density at radius 1 is 1.00 bits per heavy atom. The Hall–Kier alpha value is -3.39. The van der Waals surface area contributed by atoms with Crippen molar-refractivity contribution in [2.45, 2.75) is 6.92 Å². The van der Waals surface area contributed by atoms with Crippen LogP contribution in [0.1, 0.15) is 11.4 Å². The molecule has 23 heavy (non-hydrogen) atoms. The average Bonchev–Trinajstić information content (AvgIpc) is 2.57. The van der Waals surface area contributed by atoms with Gasteiger partial charge in [-0.15, -0.1) is 0 Å². The van der Waals surface area contributed by atoms with Crippen LogP contribution in [0.5, 0.6) is 11.5 Å². The van der Waals surface area contributed by atoms with Crippen LogP contribution in [0.15, 0.2) is 60.7 Å². The zero-order valence-electron chi connectivity index (χ0n) is 12.5. The standard InChI is InChI=1S/C18H14N4O/c1-13-11-14(12-19)21-18(20-13)22-16-9-5-6-10-17(16)23-15-7-3-2-4-8-15/h2-11H,1H3,(H,20,21,22). The molecule has 0 fully saturated rings. The molecule has 1 N–H and O–H groups in total. The molecule has 0 atom stereocenters. The number of hydrogen-bond acceptors (Lipinski definition) is 5. The van der Waals surface area contributed by atoms with Gasteiger partial charge in [0, 0.05) is 5.69 Å². The van der Waals surface area contributed by atoms with E-state index in [0.29, 0.717) is 17.4 Å². The maximum atomic E-state index is 9.01. The zero-order valence-corrected chi connectivity index (χ0v) is 12.5. The molecule has 3 aromatic rings. The van der Waals surface area contributed by atoms with Gasteiger partial charge in [0.1, 0.15) is 17.5 Å². The van der Waals surface area contributed by atoms with Gasteiger partial charge < -0.3 is 10.1 Å². The Kier molecular flexibility index (Phi) is 4.16. The minimum absolute atomic E-state index is 0.321. The third-order valence-corrected chi connectivity index (χ3v) is 3.07. The minimum atomic E-state index is 0.321. The van der Waals surface area contributed by atoms with Gasteiger partial charge in [0.05, 0.1) is 5.69 Å². The number of anilines is 2. The molecule has 0 amide bonds. The molecule has 3 rings (SSSR count). The van der Waals surface area contributed by atoms with E-state index in [1.165, 1.54) is 0 Å². The van der Waals surface area contributed by atoms with Crippen LogP contribution < -0.4 is 10.1 Å². The lowest BCUT2D eigenvalue weighted by molar-refractivity contribution is 0.485. The van der Waals surface area contributed by atoms with Crippen LogP contribution in [0.2, 0.25) is 0 Å². The first-order valence-electron chi connectivity index (χ1n) is 7.09. The van der Waals surface area contributed by atoms with Gasteiger partial charge in [-0.2, -0.15) is 5.26 Å². The van der Waals surface area contributed by atoms with Gasteiger partial charge >= 0.3 is 0 Å². The fourth-order valence-corrected chi connectivity index (χ4v) is 2.08. The normalized spacial score (nSPS) is 9.91. The summed E-state index contributed by atoms with van der Waals surface area (Å²) in [5.74, 6) is 1.76. The van der Waals surface area contributed by atoms with Crippen molar-refractivity contribution in [2.75, 3.05) is 5.32 Å². The van der Waals surface area contributed by atoms with Gasteiger partial charge in [0.2, 0.25) is 5.95 Å². The molecule has 0 saturated heterocycles. The molecule has 2 aromatic carbocycles.